The molecule has 0 aromatic rings. The molecule has 0 fully saturated rings. The minimum Gasteiger partial charge on any atom is -0.323 e. The maximum atomic E-state index is 2.69. The third kappa shape index (κ3) is 6.33. The van der Waals surface area contributed by atoms with Crippen LogP contribution in [0.15, 0.2) is 0 Å². The highest BCUT2D eigenvalue weighted by molar-refractivity contribution is 6.73. The van der Waals surface area contributed by atoms with Crippen LogP contribution in [0.4, 0.5) is 0 Å². The Morgan fingerprint density at radius 1 is 0.800 bits per heavy atom. The second-order valence-electron chi connectivity index (χ2n) is 5.18. The summed E-state index contributed by atoms with van der Waals surface area (Å²) in [6.45, 7) is 20.3. The molecular weight excluding hydrogens is 200 g/mol. The second-order valence-corrected chi connectivity index (χ2v) is 10.2. The van der Waals surface area contributed by atoms with Gasteiger partial charge in [0.2, 0.25) is 0 Å². The van der Waals surface area contributed by atoms with E-state index in [1.165, 1.54) is 39.1 Å². The highest BCUT2D eigenvalue weighted by Crippen LogP contribution is 2.08. The molecule has 0 N–H and O–H groups in total. The van der Waals surface area contributed by atoms with Gasteiger partial charge in [0.25, 0.3) is 0 Å². The predicted octanol–water partition coefficient (Wildman–Crippen LogP) is 2.88. The minimum atomic E-state index is -1.08. The molecule has 0 aliphatic rings. The average Bonchev–Trinajstić information content (AvgIpc) is 2.15. The fourth-order valence-electron chi connectivity index (χ4n) is 1.97. The Balaban J connectivity index is 3.98. The van der Waals surface area contributed by atoms with Crippen LogP contribution in [-0.2, 0) is 0 Å². The smallest absolute Gasteiger partial charge is 0.119 e. The van der Waals surface area contributed by atoms with Gasteiger partial charge in [0.05, 0.1) is 0 Å². The van der Waals surface area contributed by atoms with Crippen LogP contribution in [0.1, 0.15) is 27.2 Å². The van der Waals surface area contributed by atoms with Crippen molar-refractivity contribution >= 4 is 8.24 Å². The van der Waals surface area contributed by atoms with Gasteiger partial charge >= 0.3 is 0 Å². The summed E-state index contributed by atoms with van der Waals surface area (Å²) in [5.74, 6) is 0. The lowest BCUT2D eigenvalue weighted by atomic mass is 10.4. The van der Waals surface area contributed by atoms with Gasteiger partial charge in [-0.25, -0.2) is 0 Å². The molecule has 0 spiro atoms. The molecular formula is C12H30N2Si. The van der Waals surface area contributed by atoms with Crippen LogP contribution in [0.5, 0.6) is 0 Å². The molecule has 2 nitrogen and oxygen atoms in total. The summed E-state index contributed by atoms with van der Waals surface area (Å²) < 4.78 is 2.69. The van der Waals surface area contributed by atoms with Crippen LogP contribution in [0, 0.1) is 0 Å². The monoisotopic (exact) mass is 230 g/mol. The Kier molecular flexibility index (Phi) is 7.48. The van der Waals surface area contributed by atoms with Crippen molar-refractivity contribution in [3.63, 3.8) is 0 Å². The van der Waals surface area contributed by atoms with Crippen molar-refractivity contribution in [1.29, 1.82) is 0 Å². The summed E-state index contributed by atoms with van der Waals surface area (Å²) >= 11 is 0. The topological polar surface area (TPSA) is 6.48 Å². The van der Waals surface area contributed by atoms with E-state index in [2.05, 4.69) is 49.9 Å². The SMILES string of the molecule is CCCN(CC)CCN(CC)[Si](C)(C)C. The van der Waals surface area contributed by atoms with Gasteiger partial charge in [-0.15, -0.1) is 0 Å². The first-order valence-electron chi connectivity index (χ1n) is 6.43. The van der Waals surface area contributed by atoms with E-state index in [-0.39, 0.29) is 0 Å². The molecule has 15 heavy (non-hydrogen) atoms. The summed E-state index contributed by atoms with van der Waals surface area (Å²) in [6, 6.07) is 0. The van der Waals surface area contributed by atoms with Crippen molar-refractivity contribution in [1.82, 2.24) is 9.47 Å². The zero-order chi connectivity index (χ0) is 11.9. The summed E-state index contributed by atoms with van der Waals surface area (Å²) in [7, 11) is -1.08. The quantitative estimate of drug-likeness (QED) is 0.592. The van der Waals surface area contributed by atoms with E-state index in [1.807, 2.05) is 0 Å². The summed E-state index contributed by atoms with van der Waals surface area (Å²) in [6.07, 6.45) is 1.27. The van der Waals surface area contributed by atoms with Gasteiger partial charge in [0, 0.05) is 13.1 Å². The van der Waals surface area contributed by atoms with Crippen molar-refractivity contribution in [3.05, 3.63) is 0 Å². The lowest BCUT2D eigenvalue weighted by Gasteiger charge is -2.34. The summed E-state index contributed by atoms with van der Waals surface area (Å²) in [4.78, 5) is 2.56. The van der Waals surface area contributed by atoms with E-state index >= 15 is 0 Å². The van der Waals surface area contributed by atoms with Crippen molar-refractivity contribution in [3.8, 4) is 0 Å². The van der Waals surface area contributed by atoms with E-state index in [4.69, 9.17) is 0 Å². The highest BCUT2D eigenvalue weighted by Gasteiger charge is 2.21. The van der Waals surface area contributed by atoms with Gasteiger partial charge in [-0.1, -0.05) is 40.4 Å². The van der Waals surface area contributed by atoms with Crippen molar-refractivity contribution in [2.24, 2.45) is 0 Å². The molecule has 92 valence electrons. The largest absolute Gasteiger partial charge is 0.323 e. The van der Waals surface area contributed by atoms with E-state index < -0.39 is 8.24 Å². The Morgan fingerprint density at radius 2 is 1.40 bits per heavy atom. The molecule has 0 heterocycles. The third-order valence-electron chi connectivity index (χ3n) is 3.00. The normalized spacial score (nSPS) is 12.8. The van der Waals surface area contributed by atoms with Crippen LogP contribution in [-0.4, -0.2) is 50.4 Å². The molecule has 0 saturated carbocycles. The molecule has 0 unspecified atom stereocenters. The molecule has 0 atom stereocenters. The van der Waals surface area contributed by atoms with Gasteiger partial charge in [-0.2, -0.15) is 0 Å². The first kappa shape index (κ1) is 15.1. The maximum absolute atomic E-state index is 2.69. The molecule has 0 rings (SSSR count). The molecule has 0 aromatic heterocycles. The fourth-order valence-corrected chi connectivity index (χ4v) is 3.69. The van der Waals surface area contributed by atoms with Gasteiger partial charge in [-0.3, -0.25) is 0 Å². The summed E-state index contributed by atoms with van der Waals surface area (Å²) in [5.41, 5.74) is 0. The fraction of sp³-hybridized carbons (Fsp3) is 1.00. The van der Waals surface area contributed by atoms with Crippen LogP contribution >= 0.6 is 0 Å². The summed E-state index contributed by atoms with van der Waals surface area (Å²) in [5, 5.41) is 0. The van der Waals surface area contributed by atoms with E-state index in [0.29, 0.717) is 0 Å². The standard InChI is InChI=1S/C12H30N2Si/c1-7-10-13(8-2)11-12-14(9-3)15(4,5)6/h7-12H2,1-6H3. The number of hydrogen-bond acceptors (Lipinski definition) is 2. The van der Waals surface area contributed by atoms with Crippen molar-refractivity contribution in [2.45, 2.75) is 46.8 Å². The zero-order valence-electron chi connectivity index (χ0n) is 11.6. The van der Waals surface area contributed by atoms with Crippen molar-refractivity contribution < 1.29 is 0 Å². The Bertz CT molecular complexity index is 154. The molecule has 0 aliphatic heterocycles. The predicted molar refractivity (Wildman–Crippen MR) is 73.0 cm³/mol. The average molecular weight is 230 g/mol. The molecule has 3 heteroatoms. The first-order valence-corrected chi connectivity index (χ1v) is 9.87. The second kappa shape index (κ2) is 7.42. The van der Waals surface area contributed by atoms with E-state index in [0.717, 1.165) is 0 Å². The Morgan fingerprint density at radius 3 is 1.73 bits per heavy atom. The number of nitrogens with zero attached hydrogens (tertiary/aromatic N) is 2. The van der Waals surface area contributed by atoms with E-state index in [9.17, 15) is 0 Å². The van der Waals surface area contributed by atoms with Crippen LogP contribution < -0.4 is 0 Å². The van der Waals surface area contributed by atoms with Gasteiger partial charge in [0.15, 0.2) is 0 Å². The lowest BCUT2D eigenvalue weighted by molar-refractivity contribution is 0.261. The third-order valence-corrected chi connectivity index (χ3v) is 5.44. The number of rotatable bonds is 8. The first-order chi connectivity index (χ1) is 6.95. The molecule has 0 amide bonds. The number of likely N-dealkylation sites (N-methyl/N-ethyl adjacent to an activating group) is 2. The lowest BCUT2D eigenvalue weighted by Crippen LogP contribution is -2.49. The van der Waals surface area contributed by atoms with Crippen LogP contribution in [0.25, 0.3) is 0 Å². The van der Waals surface area contributed by atoms with Crippen LogP contribution in [0.3, 0.4) is 0 Å². The van der Waals surface area contributed by atoms with Crippen LogP contribution in [0.2, 0.25) is 19.6 Å². The Labute approximate surface area is 97.7 Å². The minimum absolute atomic E-state index is 1.08. The van der Waals surface area contributed by atoms with Gasteiger partial charge in [-0.05, 0) is 26.1 Å². The van der Waals surface area contributed by atoms with Gasteiger partial charge in [0.1, 0.15) is 8.24 Å². The van der Waals surface area contributed by atoms with Gasteiger partial charge < -0.3 is 9.47 Å². The number of hydrogen-bond donors (Lipinski definition) is 0. The highest BCUT2D eigenvalue weighted by atomic mass is 28.3. The molecule has 0 aliphatic carbocycles. The van der Waals surface area contributed by atoms with Crippen molar-refractivity contribution in [2.75, 3.05) is 32.7 Å². The molecule has 0 saturated heterocycles. The maximum Gasteiger partial charge on any atom is 0.119 e. The molecule has 0 aromatic carbocycles. The Hall–Kier alpha value is 0.137. The zero-order valence-corrected chi connectivity index (χ0v) is 12.6. The molecule has 0 radical (unpaired) electrons. The van der Waals surface area contributed by atoms with E-state index in [1.54, 1.807) is 0 Å². The molecule has 0 bridgehead atoms.